The maximum atomic E-state index is 12.4. The summed E-state index contributed by atoms with van der Waals surface area (Å²) in [6.07, 6.45) is 23.1. The summed E-state index contributed by atoms with van der Waals surface area (Å²) in [5, 5.41) is 8.14. The average molecular weight is 857 g/mol. The van der Waals surface area contributed by atoms with Gasteiger partial charge < -0.3 is 9.84 Å². The van der Waals surface area contributed by atoms with Gasteiger partial charge in [-0.2, -0.15) is 0 Å². The minimum absolute atomic E-state index is 0.0625. The van der Waals surface area contributed by atoms with E-state index >= 15 is 0 Å². The number of aliphatic hydroxyl groups is 1. The molecule has 4 saturated carbocycles. The third-order valence-corrected chi connectivity index (χ3v) is 10.3. The number of hydrogen-bond acceptors (Lipinski definition) is 2. The van der Waals surface area contributed by atoms with E-state index in [0.717, 1.165) is 55.6 Å². The summed E-state index contributed by atoms with van der Waals surface area (Å²) in [6, 6.07) is 0. The van der Waals surface area contributed by atoms with Crippen molar-refractivity contribution in [2.24, 2.45) is 52.8 Å². The Morgan fingerprint density at radius 3 is 0.915 bits per heavy atom. The van der Waals surface area contributed by atoms with E-state index in [0.29, 0.717) is 36.7 Å². The monoisotopic (exact) mass is 857 g/mol. The lowest BCUT2D eigenvalue weighted by Gasteiger charge is -2.25. The van der Waals surface area contributed by atoms with Gasteiger partial charge in [-0.1, -0.05) is 208 Å². The number of alkyl halides is 4. The molecule has 1 saturated heterocycles. The van der Waals surface area contributed by atoms with E-state index in [-0.39, 0.29) is 19.3 Å². The quantitative estimate of drug-likeness (QED) is 0.286. The van der Waals surface area contributed by atoms with E-state index in [1.807, 2.05) is 20.8 Å². The number of hydrogen-bond donors (Lipinski definition) is 1. The highest BCUT2D eigenvalue weighted by molar-refractivity contribution is 4.75. The van der Waals surface area contributed by atoms with E-state index < -0.39 is 11.8 Å². The summed E-state index contributed by atoms with van der Waals surface area (Å²) in [5.74, 6) is 2.00. The van der Waals surface area contributed by atoms with E-state index in [2.05, 4.69) is 96.9 Å². The van der Waals surface area contributed by atoms with Crippen LogP contribution in [0.3, 0.4) is 0 Å². The van der Waals surface area contributed by atoms with Crippen LogP contribution in [0, 0.1) is 52.8 Å². The van der Waals surface area contributed by atoms with Gasteiger partial charge in [0.25, 0.3) is 0 Å². The van der Waals surface area contributed by atoms with Crippen LogP contribution >= 0.6 is 0 Å². The Morgan fingerprint density at radius 1 is 0.542 bits per heavy atom. The fourth-order valence-electron chi connectivity index (χ4n) is 4.89. The molecule has 6 heteroatoms. The van der Waals surface area contributed by atoms with Crippen molar-refractivity contribution in [2.45, 2.75) is 272 Å². The van der Waals surface area contributed by atoms with Crippen molar-refractivity contribution in [3.8, 4) is 0 Å². The van der Waals surface area contributed by atoms with Crippen molar-refractivity contribution < 1.29 is 27.4 Å². The Morgan fingerprint density at radius 2 is 0.797 bits per heavy atom. The van der Waals surface area contributed by atoms with Crippen LogP contribution in [0.15, 0.2) is 0 Å². The van der Waals surface area contributed by atoms with Gasteiger partial charge in [0.1, 0.15) is 0 Å². The van der Waals surface area contributed by atoms with E-state index in [4.69, 9.17) is 9.84 Å². The Kier molecular flexibility index (Phi) is 49.3. The molecule has 0 aromatic rings. The molecule has 5 rings (SSSR count). The first-order valence-corrected chi connectivity index (χ1v) is 25.0. The van der Waals surface area contributed by atoms with Gasteiger partial charge in [-0.05, 0) is 85.4 Å². The van der Waals surface area contributed by atoms with Gasteiger partial charge in [0.05, 0.1) is 0 Å². The Balaban J connectivity index is -0.000000185. The van der Waals surface area contributed by atoms with Crippen LogP contribution in [0.25, 0.3) is 0 Å². The Labute approximate surface area is 370 Å². The summed E-state index contributed by atoms with van der Waals surface area (Å²) in [5.41, 5.74) is 0.500. The molecule has 0 spiro atoms. The average Bonchev–Trinajstić information content (AvgIpc) is 3.78. The molecule has 364 valence electrons. The summed E-state index contributed by atoms with van der Waals surface area (Å²) < 4.78 is 52.8. The number of halogens is 4. The van der Waals surface area contributed by atoms with Gasteiger partial charge in [0.15, 0.2) is 0 Å². The molecule has 0 bridgehead atoms. The normalized spacial score (nSPS) is 19.4. The second kappa shape index (κ2) is 42.9. The lowest BCUT2D eigenvalue weighted by molar-refractivity contribution is -0.0438. The van der Waals surface area contributed by atoms with Gasteiger partial charge in [-0.25, -0.2) is 17.6 Å². The standard InChI is InChI=1S/C7H12F2.C7H14.C6H12O.C6H12.C6H14.C5H12.C4H8F2.C4H10O.C4H8.C4H10/c1-6-2-4-7(8,9)5-3-6;1-7-5-3-2-4-6-7;1-6-2-4-7-5-3-6;1-6-4-2-3-5-6;1-4-6(3)5-2;1-5(2,3)4;1-3-4(2,5)6;1-4(2)3-5;1-4-2-3-4;1-4(2)3/h6H,2-5H2,1H3;7H,2-6H2,1H3;6H,2-5H2,1H3;6H,2-5H2,1H3;6H,4-5H2,1-3H3;1-4H3;3H2,1-2H3;4-5H,3H2,1-2H3;4H,2-3H2,1H3;4H,1-3H3. The first-order chi connectivity index (χ1) is 27.0. The summed E-state index contributed by atoms with van der Waals surface area (Å²) in [4.78, 5) is 0. The van der Waals surface area contributed by atoms with Crippen molar-refractivity contribution in [3.05, 3.63) is 0 Å². The smallest absolute Gasteiger partial charge is 0.248 e. The van der Waals surface area contributed by atoms with Crippen LogP contribution in [0.4, 0.5) is 17.6 Å². The number of ether oxygens (including phenoxy) is 1. The third kappa shape index (κ3) is 82.0. The highest BCUT2D eigenvalue weighted by atomic mass is 19.3. The van der Waals surface area contributed by atoms with Crippen LogP contribution in [0.1, 0.15) is 260 Å². The number of aliphatic hydroxyl groups excluding tert-OH is 1. The maximum Gasteiger partial charge on any atom is 0.248 e. The predicted octanol–water partition coefficient (Wildman–Crippen LogP) is 19.3. The fraction of sp³-hybridized carbons (Fsp3) is 1.00. The summed E-state index contributed by atoms with van der Waals surface area (Å²) in [6.45, 7) is 41.9. The first-order valence-electron chi connectivity index (χ1n) is 25.0. The minimum atomic E-state index is -2.46. The van der Waals surface area contributed by atoms with Crippen LogP contribution < -0.4 is 0 Å². The molecule has 1 aliphatic heterocycles. The zero-order chi connectivity index (χ0) is 47.1. The second-order valence-corrected chi connectivity index (χ2v) is 21.8. The van der Waals surface area contributed by atoms with Crippen LogP contribution in [0.5, 0.6) is 0 Å². The lowest BCUT2D eigenvalue weighted by atomic mass is 9.88. The van der Waals surface area contributed by atoms with E-state index in [1.165, 1.54) is 103 Å². The Hall–Kier alpha value is -0.360. The highest BCUT2D eigenvalue weighted by Crippen LogP contribution is 2.35. The van der Waals surface area contributed by atoms with Gasteiger partial charge in [-0.15, -0.1) is 0 Å². The molecule has 1 heterocycles. The highest BCUT2D eigenvalue weighted by Gasteiger charge is 2.33. The molecule has 0 aromatic carbocycles. The SMILES string of the molecule is CC(C)(C)C.CC(C)C.CC(C)CO.CC1CC1.CC1CCC(F)(F)CC1.CC1CCCC1.CC1CCCCC1.CC1CCOCC1.CCC(C)(F)F.CCC(C)CC. The predicted molar refractivity (Wildman–Crippen MR) is 258 cm³/mol. The molecule has 0 amide bonds. The van der Waals surface area contributed by atoms with Crippen molar-refractivity contribution in [1.82, 2.24) is 0 Å². The van der Waals surface area contributed by atoms with Gasteiger partial charge in [0.2, 0.25) is 11.8 Å². The second-order valence-electron chi connectivity index (χ2n) is 21.8. The molecular weight excluding hydrogens is 745 g/mol. The molecule has 5 fully saturated rings. The molecule has 0 unspecified atom stereocenters. The molecule has 1 N–H and O–H groups in total. The molecular formula is C53H112F4O2. The molecule has 0 atom stereocenters. The summed E-state index contributed by atoms with van der Waals surface area (Å²) in [7, 11) is 0. The molecule has 2 nitrogen and oxygen atoms in total. The topological polar surface area (TPSA) is 29.5 Å². The summed E-state index contributed by atoms with van der Waals surface area (Å²) >= 11 is 0. The minimum Gasteiger partial charge on any atom is -0.396 e. The van der Waals surface area contributed by atoms with E-state index in [1.54, 1.807) is 0 Å². The van der Waals surface area contributed by atoms with Crippen LogP contribution in [-0.2, 0) is 4.74 Å². The van der Waals surface area contributed by atoms with Crippen LogP contribution in [-0.4, -0.2) is 36.8 Å². The maximum absolute atomic E-state index is 12.4. The van der Waals surface area contributed by atoms with Crippen molar-refractivity contribution in [3.63, 3.8) is 0 Å². The largest absolute Gasteiger partial charge is 0.396 e. The number of rotatable bonds is 4. The molecule has 0 aromatic heterocycles. The first kappa shape index (κ1) is 67.7. The van der Waals surface area contributed by atoms with Crippen LogP contribution in [0.2, 0.25) is 0 Å². The van der Waals surface area contributed by atoms with E-state index in [9.17, 15) is 17.6 Å². The van der Waals surface area contributed by atoms with Gasteiger partial charge in [0, 0.05) is 39.1 Å². The fourth-order valence-corrected chi connectivity index (χ4v) is 4.89. The van der Waals surface area contributed by atoms with Gasteiger partial charge >= 0.3 is 0 Å². The van der Waals surface area contributed by atoms with Crippen molar-refractivity contribution in [1.29, 1.82) is 0 Å². The zero-order valence-electron chi connectivity index (χ0n) is 43.7. The third-order valence-electron chi connectivity index (χ3n) is 10.3. The van der Waals surface area contributed by atoms with Crippen molar-refractivity contribution in [2.75, 3.05) is 19.8 Å². The lowest BCUT2D eigenvalue weighted by Crippen LogP contribution is -2.23. The van der Waals surface area contributed by atoms with Gasteiger partial charge in [-0.3, -0.25) is 0 Å². The zero-order valence-corrected chi connectivity index (χ0v) is 43.7. The Bertz CT molecular complexity index is 744. The van der Waals surface area contributed by atoms with Crippen molar-refractivity contribution >= 4 is 0 Å². The molecule has 59 heavy (non-hydrogen) atoms. The molecule has 4 aliphatic carbocycles. The molecule has 5 aliphatic rings. The molecule has 0 radical (unpaired) electrons.